The normalized spacial score (nSPS) is 27.3. The lowest BCUT2D eigenvalue weighted by molar-refractivity contribution is 0.382. The zero-order valence-corrected chi connectivity index (χ0v) is 7.02. The molecule has 0 aromatic carbocycles. The summed E-state index contributed by atoms with van der Waals surface area (Å²) < 4.78 is 5.01. The lowest BCUT2D eigenvalue weighted by atomic mass is 10.2. The van der Waals surface area contributed by atoms with E-state index in [-0.39, 0.29) is 0 Å². The number of halogens is 1. The van der Waals surface area contributed by atoms with Crippen LogP contribution < -0.4 is 0 Å². The average molecular weight is 192 g/mol. The van der Waals surface area contributed by atoms with Crippen molar-refractivity contribution in [3.8, 4) is 0 Å². The van der Waals surface area contributed by atoms with E-state index >= 15 is 0 Å². The summed E-state index contributed by atoms with van der Waals surface area (Å²) >= 11 is 3.46. The molecular weight excluding hydrogens is 182 g/mol. The van der Waals surface area contributed by atoms with Crippen LogP contribution in [0.1, 0.15) is 12.8 Å². The molecule has 1 rings (SSSR count). The van der Waals surface area contributed by atoms with Gasteiger partial charge in [0.1, 0.15) is 0 Å². The Balaban J connectivity index is 2.53. The SMILES string of the molecule is COC1=NCCC[C@@H]1Br. The molecule has 9 heavy (non-hydrogen) atoms. The lowest BCUT2D eigenvalue weighted by Gasteiger charge is -2.15. The monoisotopic (exact) mass is 191 g/mol. The molecule has 0 N–H and O–H groups in total. The van der Waals surface area contributed by atoms with Crippen molar-refractivity contribution in [1.29, 1.82) is 0 Å². The van der Waals surface area contributed by atoms with Crippen molar-refractivity contribution in [3.05, 3.63) is 0 Å². The minimum Gasteiger partial charge on any atom is -0.484 e. The molecule has 3 heteroatoms. The van der Waals surface area contributed by atoms with Gasteiger partial charge in [-0.3, -0.25) is 4.99 Å². The summed E-state index contributed by atoms with van der Waals surface area (Å²) in [5.74, 6) is 0.848. The number of nitrogens with zero attached hydrogens (tertiary/aromatic N) is 1. The van der Waals surface area contributed by atoms with Gasteiger partial charge < -0.3 is 4.74 Å². The Morgan fingerprint density at radius 3 is 3.00 bits per heavy atom. The zero-order chi connectivity index (χ0) is 6.69. The minimum atomic E-state index is 0.358. The molecule has 1 atom stereocenters. The highest BCUT2D eigenvalue weighted by molar-refractivity contribution is 9.10. The zero-order valence-electron chi connectivity index (χ0n) is 5.43. The molecule has 0 spiro atoms. The maximum atomic E-state index is 5.01. The Morgan fingerprint density at radius 1 is 1.78 bits per heavy atom. The van der Waals surface area contributed by atoms with Gasteiger partial charge >= 0.3 is 0 Å². The molecular formula is C6H10BrNO. The first-order valence-electron chi connectivity index (χ1n) is 3.07. The summed E-state index contributed by atoms with van der Waals surface area (Å²) in [5.41, 5.74) is 0. The lowest BCUT2D eigenvalue weighted by Crippen LogP contribution is -2.20. The topological polar surface area (TPSA) is 21.6 Å². The Kier molecular flexibility index (Phi) is 2.51. The second-order valence-corrected chi connectivity index (χ2v) is 3.14. The molecule has 0 bridgehead atoms. The molecule has 52 valence electrons. The van der Waals surface area contributed by atoms with E-state index in [0.717, 1.165) is 18.9 Å². The van der Waals surface area contributed by atoms with Crippen LogP contribution in [0, 0.1) is 0 Å². The minimum absolute atomic E-state index is 0.358. The number of aliphatic imine (C=N–C) groups is 1. The van der Waals surface area contributed by atoms with Crippen molar-refractivity contribution < 1.29 is 4.74 Å². The van der Waals surface area contributed by atoms with Crippen LogP contribution in [0.15, 0.2) is 4.99 Å². The Hall–Kier alpha value is -0.0500. The van der Waals surface area contributed by atoms with Crippen molar-refractivity contribution in [2.24, 2.45) is 4.99 Å². The van der Waals surface area contributed by atoms with Gasteiger partial charge in [-0.15, -0.1) is 0 Å². The largest absolute Gasteiger partial charge is 0.484 e. The van der Waals surface area contributed by atoms with Gasteiger partial charge in [-0.05, 0) is 12.8 Å². The van der Waals surface area contributed by atoms with Crippen molar-refractivity contribution in [1.82, 2.24) is 0 Å². The molecule has 1 heterocycles. The van der Waals surface area contributed by atoms with Gasteiger partial charge in [-0.2, -0.15) is 0 Å². The molecule has 0 fully saturated rings. The van der Waals surface area contributed by atoms with Gasteiger partial charge in [0.25, 0.3) is 0 Å². The van der Waals surface area contributed by atoms with E-state index in [2.05, 4.69) is 20.9 Å². The summed E-state index contributed by atoms with van der Waals surface area (Å²) in [6, 6.07) is 0. The molecule has 2 nitrogen and oxygen atoms in total. The predicted octanol–water partition coefficient (Wildman–Crippen LogP) is 1.59. The highest BCUT2D eigenvalue weighted by Gasteiger charge is 2.15. The van der Waals surface area contributed by atoms with Gasteiger partial charge in [-0.25, -0.2) is 0 Å². The van der Waals surface area contributed by atoms with Crippen LogP contribution in [-0.4, -0.2) is 24.4 Å². The van der Waals surface area contributed by atoms with Crippen LogP contribution in [0.4, 0.5) is 0 Å². The molecule has 1 aliphatic heterocycles. The van der Waals surface area contributed by atoms with Gasteiger partial charge in [0.15, 0.2) is 5.90 Å². The van der Waals surface area contributed by atoms with E-state index in [9.17, 15) is 0 Å². The smallest absolute Gasteiger partial charge is 0.197 e. The van der Waals surface area contributed by atoms with Crippen LogP contribution in [0.3, 0.4) is 0 Å². The molecule has 0 aromatic heterocycles. The van der Waals surface area contributed by atoms with E-state index in [1.54, 1.807) is 7.11 Å². The molecule has 0 unspecified atom stereocenters. The number of rotatable bonds is 0. The Bertz CT molecular complexity index is 124. The maximum absolute atomic E-state index is 5.01. The first-order chi connectivity index (χ1) is 4.34. The average Bonchev–Trinajstić information content (AvgIpc) is 1.89. The first-order valence-corrected chi connectivity index (χ1v) is 3.98. The quantitative estimate of drug-likeness (QED) is 0.534. The molecule has 1 aliphatic rings. The third-order valence-corrected chi connectivity index (χ3v) is 2.21. The maximum Gasteiger partial charge on any atom is 0.197 e. The summed E-state index contributed by atoms with van der Waals surface area (Å²) in [4.78, 5) is 4.53. The van der Waals surface area contributed by atoms with Crippen LogP contribution >= 0.6 is 15.9 Å². The molecule has 0 saturated heterocycles. The van der Waals surface area contributed by atoms with Gasteiger partial charge in [0, 0.05) is 6.54 Å². The second kappa shape index (κ2) is 3.20. The molecule has 0 amide bonds. The van der Waals surface area contributed by atoms with E-state index in [4.69, 9.17) is 4.74 Å². The van der Waals surface area contributed by atoms with E-state index < -0.39 is 0 Å². The van der Waals surface area contributed by atoms with Gasteiger partial charge in [0.2, 0.25) is 0 Å². The van der Waals surface area contributed by atoms with Crippen LogP contribution in [-0.2, 0) is 4.74 Å². The summed E-state index contributed by atoms with van der Waals surface area (Å²) in [6.07, 6.45) is 2.31. The van der Waals surface area contributed by atoms with Gasteiger partial charge in [0.05, 0.1) is 11.9 Å². The third-order valence-electron chi connectivity index (χ3n) is 1.36. The Labute approximate surface area is 63.4 Å². The van der Waals surface area contributed by atoms with Crippen molar-refractivity contribution >= 4 is 21.8 Å². The van der Waals surface area contributed by atoms with E-state index in [0.29, 0.717) is 4.83 Å². The van der Waals surface area contributed by atoms with Crippen LogP contribution in [0.5, 0.6) is 0 Å². The number of alkyl halides is 1. The fourth-order valence-electron chi connectivity index (χ4n) is 0.875. The second-order valence-electron chi connectivity index (χ2n) is 2.03. The standard InChI is InChI=1S/C6H10BrNO/c1-9-6-5(7)3-2-4-8-6/h5H,2-4H2,1H3/t5-/m0/s1. The van der Waals surface area contributed by atoms with Crippen molar-refractivity contribution in [3.63, 3.8) is 0 Å². The van der Waals surface area contributed by atoms with Crippen molar-refractivity contribution in [2.45, 2.75) is 17.7 Å². The molecule has 0 aliphatic carbocycles. The number of hydrogen-bond acceptors (Lipinski definition) is 2. The highest BCUT2D eigenvalue weighted by atomic mass is 79.9. The van der Waals surface area contributed by atoms with E-state index in [1.807, 2.05) is 0 Å². The molecule has 0 radical (unpaired) electrons. The molecule has 0 aromatic rings. The number of methoxy groups -OCH3 is 1. The third kappa shape index (κ3) is 1.68. The fourth-order valence-corrected chi connectivity index (χ4v) is 1.53. The number of hydrogen-bond donors (Lipinski definition) is 0. The summed E-state index contributed by atoms with van der Waals surface area (Å²) in [5, 5.41) is 0. The highest BCUT2D eigenvalue weighted by Crippen LogP contribution is 2.15. The van der Waals surface area contributed by atoms with Crippen LogP contribution in [0.25, 0.3) is 0 Å². The fraction of sp³-hybridized carbons (Fsp3) is 0.833. The van der Waals surface area contributed by atoms with Gasteiger partial charge in [-0.1, -0.05) is 15.9 Å². The van der Waals surface area contributed by atoms with Crippen molar-refractivity contribution in [2.75, 3.05) is 13.7 Å². The first kappa shape index (κ1) is 7.06. The van der Waals surface area contributed by atoms with E-state index in [1.165, 1.54) is 6.42 Å². The predicted molar refractivity (Wildman–Crippen MR) is 41.3 cm³/mol. The summed E-state index contributed by atoms with van der Waals surface area (Å²) in [6.45, 7) is 0.922. The summed E-state index contributed by atoms with van der Waals surface area (Å²) in [7, 11) is 1.67. The Morgan fingerprint density at radius 2 is 2.56 bits per heavy atom. The molecule has 0 saturated carbocycles. The van der Waals surface area contributed by atoms with Crippen LogP contribution in [0.2, 0.25) is 0 Å². The number of ether oxygens (including phenoxy) is 1.